The fourth-order valence-corrected chi connectivity index (χ4v) is 5.83. The van der Waals surface area contributed by atoms with Crippen LogP contribution in [-0.2, 0) is 16.1 Å². The predicted octanol–water partition coefficient (Wildman–Crippen LogP) is 2.89. The monoisotopic (exact) mass is 519 g/mol. The van der Waals surface area contributed by atoms with Gasteiger partial charge in [-0.25, -0.2) is 4.98 Å². The lowest BCUT2D eigenvalue weighted by Gasteiger charge is -2.35. The van der Waals surface area contributed by atoms with Crippen molar-refractivity contribution in [1.29, 1.82) is 0 Å². The van der Waals surface area contributed by atoms with Gasteiger partial charge in [-0.15, -0.1) is 0 Å². The topological polar surface area (TPSA) is 103 Å². The van der Waals surface area contributed by atoms with Crippen molar-refractivity contribution in [2.24, 2.45) is 11.7 Å². The molecule has 2 aliphatic rings. The number of para-hydroxylation sites is 2. The number of carbonyl (C=O) groups excluding carboxylic acids is 2. The number of ether oxygens (including phenoxy) is 2. The largest absolute Gasteiger partial charge is 0.497 e. The van der Waals surface area contributed by atoms with E-state index in [4.69, 9.17) is 20.2 Å². The van der Waals surface area contributed by atoms with Gasteiger partial charge in [-0.2, -0.15) is 0 Å². The van der Waals surface area contributed by atoms with Crippen molar-refractivity contribution in [2.75, 3.05) is 47.0 Å². The highest BCUT2D eigenvalue weighted by Crippen LogP contribution is 2.31. The average molecular weight is 520 g/mol. The molecule has 2 fully saturated rings. The van der Waals surface area contributed by atoms with Crippen LogP contribution in [0.3, 0.4) is 0 Å². The van der Waals surface area contributed by atoms with Crippen LogP contribution in [0, 0.1) is 5.92 Å². The Morgan fingerprint density at radius 3 is 2.71 bits per heavy atom. The van der Waals surface area contributed by atoms with Crippen LogP contribution in [0.15, 0.2) is 48.5 Å². The lowest BCUT2D eigenvalue weighted by molar-refractivity contribution is -0.136. The quantitative estimate of drug-likeness (QED) is 0.459. The zero-order chi connectivity index (χ0) is 26.6. The minimum atomic E-state index is -0.413. The zero-order valence-electron chi connectivity index (χ0n) is 22.2. The molecule has 202 valence electrons. The molecule has 3 aromatic rings. The van der Waals surface area contributed by atoms with Crippen LogP contribution in [0.25, 0.3) is 11.0 Å². The SMILES string of the molecule is COCCCn1c([C@@H]2CCCN(C(=O)[C@@H]3CN(C(=O)c4cccc(OC)c4)C[C@H]3N)C2)nc2ccccc21. The van der Waals surface area contributed by atoms with Crippen molar-refractivity contribution in [3.8, 4) is 5.75 Å². The molecule has 2 amide bonds. The molecule has 0 bridgehead atoms. The van der Waals surface area contributed by atoms with Crippen molar-refractivity contribution in [1.82, 2.24) is 19.4 Å². The number of nitrogens with zero attached hydrogens (tertiary/aromatic N) is 4. The molecule has 0 spiro atoms. The van der Waals surface area contributed by atoms with Crippen molar-refractivity contribution >= 4 is 22.8 Å². The van der Waals surface area contributed by atoms with Gasteiger partial charge in [0, 0.05) is 64.0 Å². The van der Waals surface area contributed by atoms with Gasteiger partial charge in [0.2, 0.25) is 5.91 Å². The second-order valence-corrected chi connectivity index (χ2v) is 10.3. The number of benzene rings is 2. The summed E-state index contributed by atoms with van der Waals surface area (Å²) < 4.78 is 12.8. The van der Waals surface area contributed by atoms with Gasteiger partial charge in [0.25, 0.3) is 5.91 Å². The number of nitrogens with two attached hydrogens (primary N) is 1. The summed E-state index contributed by atoms with van der Waals surface area (Å²) in [5.41, 5.74) is 9.08. The number of amides is 2. The summed E-state index contributed by atoms with van der Waals surface area (Å²) in [5.74, 6) is 1.30. The van der Waals surface area contributed by atoms with Crippen LogP contribution in [0.2, 0.25) is 0 Å². The Hall–Kier alpha value is -3.43. The first-order valence-corrected chi connectivity index (χ1v) is 13.4. The predicted molar refractivity (Wildman–Crippen MR) is 145 cm³/mol. The minimum Gasteiger partial charge on any atom is -0.497 e. The maximum absolute atomic E-state index is 13.7. The van der Waals surface area contributed by atoms with Gasteiger partial charge in [0.15, 0.2) is 0 Å². The van der Waals surface area contributed by atoms with Crippen molar-refractivity contribution in [3.05, 3.63) is 59.9 Å². The van der Waals surface area contributed by atoms with E-state index in [1.54, 1.807) is 43.4 Å². The van der Waals surface area contributed by atoms with Gasteiger partial charge in [0.1, 0.15) is 11.6 Å². The summed E-state index contributed by atoms with van der Waals surface area (Å²) in [7, 11) is 3.29. The lowest BCUT2D eigenvalue weighted by Crippen LogP contribution is -2.47. The number of methoxy groups -OCH3 is 2. The van der Waals surface area contributed by atoms with Crippen molar-refractivity contribution in [2.45, 2.75) is 37.8 Å². The Kier molecular flexibility index (Phi) is 7.95. The third-order valence-corrected chi connectivity index (χ3v) is 7.80. The molecule has 2 aliphatic heterocycles. The summed E-state index contributed by atoms with van der Waals surface area (Å²) >= 11 is 0. The molecule has 9 heteroatoms. The Morgan fingerprint density at radius 1 is 1.05 bits per heavy atom. The summed E-state index contributed by atoms with van der Waals surface area (Å²) in [6, 6.07) is 14.9. The minimum absolute atomic E-state index is 0.0326. The van der Waals surface area contributed by atoms with Crippen LogP contribution in [0.1, 0.15) is 41.4 Å². The summed E-state index contributed by atoms with van der Waals surface area (Å²) in [5, 5.41) is 0. The van der Waals surface area contributed by atoms with Crippen LogP contribution < -0.4 is 10.5 Å². The van der Waals surface area contributed by atoms with Gasteiger partial charge < -0.3 is 29.6 Å². The summed E-state index contributed by atoms with van der Waals surface area (Å²) in [6.45, 7) is 3.51. The number of carbonyl (C=O) groups is 2. The number of aryl methyl sites for hydroxylation is 1. The highest BCUT2D eigenvalue weighted by atomic mass is 16.5. The molecule has 0 radical (unpaired) electrons. The van der Waals surface area contributed by atoms with Crippen LogP contribution >= 0.6 is 0 Å². The Morgan fingerprint density at radius 2 is 1.89 bits per heavy atom. The van der Waals surface area contributed by atoms with Gasteiger partial charge in [-0.3, -0.25) is 9.59 Å². The molecule has 3 atom stereocenters. The fraction of sp³-hybridized carbons (Fsp3) is 0.483. The van der Waals surface area contributed by atoms with E-state index in [-0.39, 0.29) is 17.7 Å². The van der Waals surface area contributed by atoms with Crippen LogP contribution in [-0.4, -0.2) is 84.2 Å². The summed E-state index contributed by atoms with van der Waals surface area (Å²) in [4.78, 5) is 35.5. The number of imidazole rings is 1. The third kappa shape index (κ3) is 5.26. The highest BCUT2D eigenvalue weighted by molar-refractivity contribution is 5.95. The van der Waals surface area contributed by atoms with Gasteiger partial charge in [-0.1, -0.05) is 18.2 Å². The van der Waals surface area contributed by atoms with Crippen molar-refractivity contribution < 1.29 is 19.1 Å². The van der Waals surface area contributed by atoms with E-state index >= 15 is 0 Å². The average Bonchev–Trinajstić information content (AvgIpc) is 3.53. The number of hydrogen-bond acceptors (Lipinski definition) is 6. The Balaban J connectivity index is 1.30. The Bertz CT molecular complexity index is 1290. The van der Waals surface area contributed by atoms with Crippen molar-refractivity contribution in [3.63, 3.8) is 0 Å². The standard InChI is InChI=1S/C29H37N5O4/c1-37-15-7-14-34-26-12-4-3-11-25(26)31-27(34)21-9-6-13-32(17-21)29(36)23-18-33(19-24(23)30)28(35)20-8-5-10-22(16-20)38-2/h3-5,8,10-12,16,21,23-24H,6-7,9,13-15,17-19,30H2,1-2H3/t21-,23-,24-/m1/s1. The number of aromatic nitrogens is 2. The lowest BCUT2D eigenvalue weighted by atomic mass is 9.94. The smallest absolute Gasteiger partial charge is 0.254 e. The normalized spacial score (nSPS) is 21.7. The van der Waals surface area contributed by atoms with E-state index in [1.165, 1.54) is 0 Å². The second kappa shape index (κ2) is 11.5. The van der Waals surface area contributed by atoms with Gasteiger partial charge in [0.05, 0.1) is 24.1 Å². The highest BCUT2D eigenvalue weighted by Gasteiger charge is 2.41. The number of piperidine rings is 1. The molecule has 0 aliphatic carbocycles. The van der Waals surface area contributed by atoms with Gasteiger partial charge in [-0.05, 0) is 49.6 Å². The first-order valence-electron chi connectivity index (χ1n) is 13.4. The number of likely N-dealkylation sites (tertiary alicyclic amines) is 2. The maximum atomic E-state index is 13.7. The van der Waals surface area contributed by atoms with Crippen LogP contribution in [0.5, 0.6) is 5.75 Å². The molecule has 5 rings (SSSR count). The molecule has 1 aromatic heterocycles. The molecule has 38 heavy (non-hydrogen) atoms. The molecule has 0 saturated carbocycles. The molecular weight excluding hydrogens is 482 g/mol. The zero-order valence-corrected chi connectivity index (χ0v) is 22.2. The first-order chi connectivity index (χ1) is 18.5. The van der Waals surface area contributed by atoms with E-state index in [0.717, 1.165) is 42.7 Å². The molecule has 9 nitrogen and oxygen atoms in total. The number of hydrogen-bond donors (Lipinski definition) is 1. The molecule has 2 aromatic carbocycles. The molecular formula is C29H37N5O4. The van der Waals surface area contributed by atoms with E-state index < -0.39 is 12.0 Å². The Labute approximate surface area is 223 Å². The number of rotatable bonds is 8. The maximum Gasteiger partial charge on any atom is 0.254 e. The molecule has 0 unspecified atom stereocenters. The first kappa shape index (κ1) is 26.2. The second-order valence-electron chi connectivity index (χ2n) is 10.3. The van der Waals surface area contributed by atoms with E-state index in [2.05, 4.69) is 10.6 Å². The van der Waals surface area contributed by atoms with E-state index in [1.807, 2.05) is 23.1 Å². The van der Waals surface area contributed by atoms with E-state index in [9.17, 15) is 9.59 Å². The van der Waals surface area contributed by atoms with E-state index in [0.29, 0.717) is 44.1 Å². The molecule has 2 N–H and O–H groups in total. The van der Waals surface area contributed by atoms with Gasteiger partial charge >= 0.3 is 0 Å². The fourth-order valence-electron chi connectivity index (χ4n) is 5.83. The number of fused-ring (bicyclic) bond motifs is 1. The molecule has 3 heterocycles. The summed E-state index contributed by atoms with van der Waals surface area (Å²) in [6.07, 6.45) is 2.79. The third-order valence-electron chi connectivity index (χ3n) is 7.80. The van der Waals surface area contributed by atoms with Crippen LogP contribution in [0.4, 0.5) is 0 Å². The molecule has 2 saturated heterocycles.